The Morgan fingerprint density at radius 2 is 1.87 bits per heavy atom. The molecule has 0 saturated carbocycles. The number of carbonyl (C=O) groups is 1. The lowest BCUT2D eigenvalue weighted by atomic mass is 10.1. The summed E-state index contributed by atoms with van der Waals surface area (Å²) in [4.78, 5) is 23.8. The number of anilines is 1. The van der Waals surface area contributed by atoms with Gasteiger partial charge >= 0.3 is 5.97 Å². The predicted octanol–water partition coefficient (Wildman–Crippen LogP) is 1.99. The Morgan fingerprint density at radius 3 is 2.57 bits per heavy atom. The summed E-state index contributed by atoms with van der Waals surface area (Å²) in [5, 5.41) is 4.02. The first-order valence-electron chi connectivity index (χ1n) is 7.90. The largest absolute Gasteiger partial charge is 0.455 e. The lowest BCUT2D eigenvalue weighted by Crippen LogP contribution is -2.44. The van der Waals surface area contributed by atoms with Crippen LogP contribution in [0.25, 0.3) is 10.9 Å². The molecule has 1 fully saturated rings. The monoisotopic (exact) mass is 314 g/mol. The lowest BCUT2D eigenvalue weighted by molar-refractivity contribution is 0.00653. The minimum absolute atomic E-state index is 0.332. The molecule has 1 aromatic carbocycles. The molecule has 0 aliphatic carbocycles. The molecule has 0 atom stereocenters. The maximum atomic E-state index is 12.6. The molecular formula is C17H22N4O2. The summed E-state index contributed by atoms with van der Waals surface area (Å²) in [5.74, 6) is 0.179. The third-order valence-corrected chi connectivity index (χ3v) is 3.58. The van der Waals surface area contributed by atoms with Gasteiger partial charge in [0.2, 0.25) is 5.95 Å². The van der Waals surface area contributed by atoms with Gasteiger partial charge in [-0.25, -0.2) is 14.8 Å². The third-order valence-electron chi connectivity index (χ3n) is 3.58. The normalized spacial score (nSPS) is 15.7. The molecule has 1 aliphatic rings. The van der Waals surface area contributed by atoms with Gasteiger partial charge in [0.05, 0.1) is 5.52 Å². The van der Waals surface area contributed by atoms with Crippen LogP contribution in [0.1, 0.15) is 31.3 Å². The zero-order valence-electron chi connectivity index (χ0n) is 13.8. The second kappa shape index (κ2) is 6.12. The molecule has 0 radical (unpaired) electrons. The Labute approximate surface area is 135 Å². The minimum Gasteiger partial charge on any atom is -0.455 e. The molecule has 3 rings (SSSR count). The number of aromatic nitrogens is 2. The lowest BCUT2D eigenvalue weighted by Gasteiger charge is -2.28. The van der Waals surface area contributed by atoms with Gasteiger partial charge in [0, 0.05) is 31.6 Å². The van der Waals surface area contributed by atoms with Gasteiger partial charge in [-0.3, -0.25) is 0 Å². The van der Waals surface area contributed by atoms with Crippen LogP contribution in [0.5, 0.6) is 0 Å². The predicted molar refractivity (Wildman–Crippen MR) is 89.8 cm³/mol. The number of hydrogen-bond acceptors (Lipinski definition) is 6. The Bertz CT molecular complexity index is 718. The maximum Gasteiger partial charge on any atom is 0.358 e. The number of rotatable bonds is 2. The molecule has 1 aromatic heterocycles. The highest BCUT2D eigenvalue weighted by Gasteiger charge is 2.23. The summed E-state index contributed by atoms with van der Waals surface area (Å²) in [5.41, 5.74) is 0.536. The van der Waals surface area contributed by atoms with Crippen LogP contribution in [0.15, 0.2) is 24.3 Å². The molecule has 1 saturated heterocycles. The molecule has 122 valence electrons. The molecule has 0 spiro atoms. The Morgan fingerprint density at radius 1 is 1.17 bits per heavy atom. The Balaban J connectivity index is 2.05. The first kappa shape index (κ1) is 15.7. The number of nitrogens with zero attached hydrogens (tertiary/aromatic N) is 3. The first-order chi connectivity index (χ1) is 10.9. The van der Waals surface area contributed by atoms with E-state index in [4.69, 9.17) is 4.74 Å². The fourth-order valence-electron chi connectivity index (χ4n) is 2.55. The van der Waals surface area contributed by atoms with Gasteiger partial charge in [0.1, 0.15) is 5.60 Å². The van der Waals surface area contributed by atoms with E-state index in [1.807, 2.05) is 45.0 Å². The van der Waals surface area contributed by atoms with Crippen molar-refractivity contribution in [2.45, 2.75) is 26.4 Å². The number of ether oxygens (including phenoxy) is 1. The summed E-state index contributed by atoms with van der Waals surface area (Å²) in [6.07, 6.45) is 0. The van der Waals surface area contributed by atoms with E-state index in [0.717, 1.165) is 37.1 Å². The van der Waals surface area contributed by atoms with Gasteiger partial charge in [-0.2, -0.15) is 0 Å². The van der Waals surface area contributed by atoms with Gasteiger partial charge in [-0.1, -0.05) is 18.2 Å². The van der Waals surface area contributed by atoms with Crippen LogP contribution in [-0.2, 0) is 4.74 Å². The summed E-state index contributed by atoms with van der Waals surface area (Å²) < 4.78 is 5.51. The van der Waals surface area contributed by atoms with Crippen LogP contribution >= 0.6 is 0 Å². The number of carbonyl (C=O) groups excluding carboxylic acids is 1. The maximum absolute atomic E-state index is 12.6. The van der Waals surface area contributed by atoms with E-state index in [2.05, 4.69) is 20.2 Å². The number of hydrogen-bond donors (Lipinski definition) is 1. The van der Waals surface area contributed by atoms with Crippen LogP contribution in [0.4, 0.5) is 5.95 Å². The van der Waals surface area contributed by atoms with E-state index >= 15 is 0 Å². The number of benzene rings is 1. The van der Waals surface area contributed by atoms with Gasteiger partial charge in [0.15, 0.2) is 5.69 Å². The molecular weight excluding hydrogens is 292 g/mol. The van der Waals surface area contributed by atoms with Crippen molar-refractivity contribution in [3.05, 3.63) is 30.0 Å². The van der Waals surface area contributed by atoms with Crippen LogP contribution in [-0.4, -0.2) is 47.7 Å². The molecule has 23 heavy (non-hydrogen) atoms. The fraction of sp³-hybridized carbons (Fsp3) is 0.471. The minimum atomic E-state index is -0.557. The second-order valence-electron chi connectivity index (χ2n) is 6.63. The molecule has 2 heterocycles. The number of nitrogens with one attached hydrogen (secondary N) is 1. The standard InChI is InChI=1S/C17H22N4O2/c1-17(2,3)23-15(22)14-12-6-4-5-7-13(12)19-16(20-14)21-10-8-18-9-11-21/h4-7,18H,8-11H2,1-3H3. The van der Waals surface area contributed by atoms with E-state index < -0.39 is 11.6 Å². The summed E-state index contributed by atoms with van der Waals surface area (Å²) in [6, 6.07) is 7.55. The van der Waals surface area contributed by atoms with Crippen molar-refractivity contribution in [1.82, 2.24) is 15.3 Å². The quantitative estimate of drug-likeness (QED) is 0.855. The van der Waals surface area contributed by atoms with Gasteiger partial charge in [0.25, 0.3) is 0 Å². The van der Waals surface area contributed by atoms with Crippen molar-refractivity contribution in [2.24, 2.45) is 0 Å². The highest BCUT2D eigenvalue weighted by atomic mass is 16.6. The molecule has 0 unspecified atom stereocenters. The molecule has 0 amide bonds. The molecule has 6 nitrogen and oxygen atoms in total. The second-order valence-corrected chi connectivity index (χ2v) is 6.63. The van der Waals surface area contributed by atoms with E-state index in [9.17, 15) is 4.79 Å². The zero-order chi connectivity index (χ0) is 16.4. The first-order valence-corrected chi connectivity index (χ1v) is 7.90. The molecule has 2 aromatic rings. The Kier molecular flexibility index (Phi) is 4.17. The van der Waals surface area contributed by atoms with Crippen LogP contribution in [0, 0.1) is 0 Å². The van der Waals surface area contributed by atoms with Crippen molar-refractivity contribution in [3.8, 4) is 0 Å². The molecule has 1 N–H and O–H groups in total. The van der Waals surface area contributed by atoms with Crippen LogP contribution < -0.4 is 10.2 Å². The number of para-hydroxylation sites is 1. The van der Waals surface area contributed by atoms with E-state index in [1.165, 1.54) is 0 Å². The number of piperazine rings is 1. The van der Waals surface area contributed by atoms with E-state index in [-0.39, 0.29) is 0 Å². The summed E-state index contributed by atoms with van der Waals surface area (Å²) in [7, 11) is 0. The van der Waals surface area contributed by atoms with Crippen molar-refractivity contribution in [3.63, 3.8) is 0 Å². The van der Waals surface area contributed by atoms with Gasteiger partial charge < -0.3 is 15.0 Å². The van der Waals surface area contributed by atoms with Crippen LogP contribution in [0.2, 0.25) is 0 Å². The van der Waals surface area contributed by atoms with Gasteiger partial charge in [-0.05, 0) is 26.8 Å². The van der Waals surface area contributed by atoms with E-state index in [0.29, 0.717) is 11.6 Å². The smallest absolute Gasteiger partial charge is 0.358 e. The molecule has 6 heteroatoms. The summed E-state index contributed by atoms with van der Waals surface area (Å²) in [6.45, 7) is 8.98. The third kappa shape index (κ3) is 3.59. The van der Waals surface area contributed by atoms with E-state index in [1.54, 1.807) is 0 Å². The van der Waals surface area contributed by atoms with Crippen molar-refractivity contribution < 1.29 is 9.53 Å². The van der Waals surface area contributed by atoms with Crippen molar-refractivity contribution in [2.75, 3.05) is 31.1 Å². The molecule has 0 bridgehead atoms. The highest BCUT2D eigenvalue weighted by molar-refractivity contribution is 6.02. The highest BCUT2D eigenvalue weighted by Crippen LogP contribution is 2.22. The topological polar surface area (TPSA) is 67.3 Å². The molecule has 1 aliphatic heterocycles. The fourth-order valence-corrected chi connectivity index (χ4v) is 2.55. The zero-order valence-corrected chi connectivity index (χ0v) is 13.8. The van der Waals surface area contributed by atoms with Crippen LogP contribution in [0.3, 0.4) is 0 Å². The average molecular weight is 314 g/mol. The Hall–Kier alpha value is -2.21. The van der Waals surface area contributed by atoms with Crippen molar-refractivity contribution in [1.29, 1.82) is 0 Å². The van der Waals surface area contributed by atoms with Crippen molar-refractivity contribution >= 4 is 22.8 Å². The van der Waals surface area contributed by atoms with Gasteiger partial charge in [-0.15, -0.1) is 0 Å². The summed E-state index contributed by atoms with van der Waals surface area (Å²) >= 11 is 0. The number of fused-ring (bicyclic) bond motifs is 1. The number of esters is 1. The SMILES string of the molecule is CC(C)(C)OC(=O)c1nc(N2CCNCC2)nc2ccccc12. The average Bonchev–Trinajstić information content (AvgIpc) is 2.53.